The number of esters is 1. The van der Waals surface area contributed by atoms with Crippen molar-refractivity contribution >= 4 is 103 Å². The zero-order chi connectivity index (χ0) is 94.1. The van der Waals surface area contributed by atoms with Crippen LogP contribution >= 0.6 is 0 Å². The number of aromatic nitrogens is 1. The van der Waals surface area contributed by atoms with Gasteiger partial charge in [0.2, 0.25) is 17.7 Å². The lowest BCUT2D eigenvalue weighted by Gasteiger charge is -2.39. The minimum Gasteiger partial charge on any atom is -0.505 e. The van der Waals surface area contributed by atoms with Crippen molar-refractivity contribution in [3.8, 4) is 17.2 Å². The van der Waals surface area contributed by atoms with E-state index in [0.717, 1.165) is 10.5 Å². The third-order valence-corrected chi connectivity index (χ3v) is 23.0. The highest BCUT2D eigenvalue weighted by molar-refractivity contribution is 6.26. The molecule has 3 aliphatic heterocycles. The Labute approximate surface area is 751 Å². The van der Waals surface area contributed by atoms with E-state index in [1.807, 2.05) is 60.8 Å². The molecule has 0 radical (unpaired) electrons. The highest BCUT2D eigenvalue weighted by Gasteiger charge is 2.50. The number of hydrogen-bond donors (Lipinski definition) is 8. The molecule has 129 heavy (non-hydrogen) atoms. The van der Waals surface area contributed by atoms with Gasteiger partial charge in [0.25, 0.3) is 23.5 Å². The lowest BCUT2D eigenvalue weighted by Crippen LogP contribution is -2.45. The van der Waals surface area contributed by atoms with Gasteiger partial charge >= 0.3 is 17.8 Å². The SMILES string of the molecule is CO[C@H]1/C=C/O[C@@]2(C)Oc3c(C)c(=O)c4c(O)c(c5oc6cc(OCC[N+](C)(C)Cc7ccc(NC(=O)[C@H](CCCNC(N)=O)CC(=O)[C@@H](NC(=O)CCOCCOCCOCCOCCOCCOCCOCCOCCNC(=O)CCN8C(=O)C=CC8=O)C(C)C)cc7)ccc6nc5c4c3C2=O)NC(=O)/C(C)=C\C=C\[C@H](C)[C@H](O)[C@@H](C)[C@@H](C)[C@@H](C)[C@H](OC(C)=O)[C@@H]1C. The van der Waals surface area contributed by atoms with Crippen molar-refractivity contribution in [2.75, 3.05) is 170 Å². The zero-order valence-corrected chi connectivity index (χ0v) is 76.5. The first-order chi connectivity index (χ1) is 61.5. The molecule has 708 valence electrons. The third kappa shape index (κ3) is 30.8. The minimum absolute atomic E-state index is 0.0174. The molecule has 8 rings (SSSR count). The third-order valence-electron chi connectivity index (χ3n) is 23.0. The molecule has 11 atom stereocenters. The fraction of sp³-hybridized carbons (Fsp3) is 0.570. The molecule has 4 heterocycles. The van der Waals surface area contributed by atoms with Crippen LogP contribution in [0.4, 0.5) is 16.2 Å². The highest BCUT2D eigenvalue weighted by atomic mass is 16.7. The number of rotatable bonds is 49. The first kappa shape index (κ1) is 104. The molecule has 1 aromatic heterocycles. The Kier molecular flexibility index (Phi) is 41.1. The quantitative estimate of drug-likeness (QED) is 0.00348. The Morgan fingerprint density at radius 1 is 0.713 bits per heavy atom. The number of nitrogens with zero attached hydrogens (tertiary/aromatic N) is 3. The number of nitrogens with two attached hydrogens (primary N) is 1. The Morgan fingerprint density at radius 2 is 1.31 bits per heavy atom. The number of urea groups is 1. The number of anilines is 2. The molecule has 0 fully saturated rings. The number of ketones is 2. The van der Waals surface area contributed by atoms with Gasteiger partial charge in [-0.05, 0) is 80.7 Å². The molecule has 0 spiro atoms. The molecule has 0 saturated carbocycles. The summed E-state index contributed by atoms with van der Waals surface area (Å²) in [4.78, 5) is 151. The van der Waals surface area contributed by atoms with Crippen molar-refractivity contribution in [1.82, 2.24) is 25.8 Å². The Hall–Kier alpha value is -10.6. The van der Waals surface area contributed by atoms with Crippen molar-refractivity contribution < 1.29 is 129 Å². The van der Waals surface area contributed by atoms with Crippen LogP contribution in [-0.2, 0) is 97.0 Å². The lowest BCUT2D eigenvalue weighted by molar-refractivity contribution is -0.903. The Bertz CT molecular complexity index is 4840. The van der Waals surface area contributed by atoms with E-state index < -0.39 is 106 Å². The summed E-state index contributed by atoms with van der Waals surface area (Å²) in [7, 11) is 5.53. The number of phenolic OH excluding ortho intramolecular Hbond substituents is 1. The number of amides is 8. The molecule has 0 unspecified atom stereocenters. The number of allylic oxidation sites excluding steroid dienone is 2. The number of Topliss-reactive ketones (excluding diaryl/α,β-unsaturated/α-hetero) is 2. The second-order valence-corrected chi connectivity index (χ2v) is 33.6. The summed E-state index contributed by atoms with van der Waals surface area (Å²) in [6.07, 6.45) is 8.16. The number of ether oxygens (including phenoxy) is 13. The van der Waals surface area contributed by atoms with Crippen molar-refractivity contribution in [3.05, 3.63) is 118 Å². The predicted octanol–water partition coefficient (Wildman–Crippen LogP) is 7.99. The molecule has 4 aromatic carbocycles. The molecule has 0 aliphatic carbocycles. The molecule has 0 saturated heterocycles. The van der Waals surface area contributed by atoms with Crippen molar-refractivity contribution in [2.24, 2.45) is 47.2 Å². The monoisotopic (exact) mass is 1800 g/mol. The van der Waals surface area contributed by atoms with Crippen LogP contribution in [0.3, 0.4) is 0 Å². The number of carbonyl (C=O) groups is 10. The maximum absolute atomic E-state index is 15.1. The number of quaternary nitrogens is 1. The van der Waals surface area contributed by atoms with Gasteiger partial charge in [-0.25, -0.2) is 9.78 Å². The van der Waals surface area contributed by atoms with E-state index in [1.54, 1.807) is 75.4 Å². The topological polar surface area (TPSA) is 464 Å². The van der Waals surface area contributed by atoms with Crippen molar-refractivity contribution in [2.45, 2.75) is 145 Å². The first-order valence-corrected chi connectivity index (χ1v) is 43.9. The number of phenols is 1. The van der Waals surface area contributed by atoms with E-state index in [1.165, 1.54) is 46.3 Å². The maximum Gasteiger partial charge on any atom is 0.312 e. The Balaban J connectivity index is 0.780. The largest absolute Gasteiger partial charge is 0.505 e. The number of hydrogen-bond acceptors (Lipinski definition) is 28. The van der Waals surface area contributed by atoms with E-state index in [0.29, 0.717) is 121 Å². The van der Waals surface area contributed by atoms with Gasteiger partial charge in [-0.3, -0.25) is 52.8 Å². The molecule has 9 N–H and O–H groups in total. The summed E-state index contributed by atoms with van der Waals surface area (Å²) in [5.41, 5.74) is 5.81. The van der Waals surface area contributed by atoms with Crippen LogP contribution in [0.2, 0.25) is 0 Å². The number of aliphatic hydroxyl groups excluding tert-OH is 1. The van der Waals surface area contributed by atoms with Crippen molar-refractivity contribution in [1.29, 1.82) is 0 Å². The maximum atomic E-state index is 15.1. The molecule has 3 aliphatic rings. The second-order valence-electron chi connectivity index (χ2n) is 33.6. The predicted molar refractivity (Wildman–Crippen MR) is 478 cm³/mol. The Morgan fingerprint density at radius 3 is 1.89 bits per heavy atom. The summed E-state index contributed by atoms with van der Waals surface area (Å²) in [6, 6.07) is 10.6. The molecule has 8 amide bonds. The van der Waals surface area contributed by atoms with Gasteiger partial charge in [0.15, 0.2) is 28.1 Å². The average Bonchev–Trinajstić information content (AvgIpc) is 1.61. The number of imide groups is 1. The summed E-state index contributed by atoms with van der Waals surface area (Å²) in [6.45, 7) is 25.8. The van der Waals surface area contributed by atoms with Gasteiger partial charge in [-0.15, -0.1) is 0 Å². The summed E-state index contributed by atoms with van der Waals surface area (Å²) in [5, 5.41) is 37.5. The number of likely N-dealkylation sites (N-methyl/N-ethyl adjacent to an activating group) is 1. The molecule has 36 heteroatoms. The van der Waals surface area contributed by atoms with E-state index in [4.69, 9.17) is 76.7 Å². The highest BCUT2D eigenvalue weighted by Crippen LogP contribution is 2.49. The molecular weight excluding hydrogens is 1680 g/mol. The number of primary amides is 1. The number of carbonyl (C=O) groups excluding carboxylic acids is 10. The van der Waals surface area contributed by atoms with Crippen LogP contribution in [0, 0.1) is 48.3 Å². The molecule has 5 aromatic rings. The van der Waals surface area contributed by atoms with Crippen LogP contribution in [0.1, 0.15) is 123 Å². The summed E-state index contributed by atoms with van der Waals surface area (Å²) >= 11 is 0. The fourth-order valence-corrected chi connectivity index (χ4v) is 15.2. The number of benzene rings is 4. The number of methoxy groups -OCH3 is 1. The average molecular weight is 1810 g/mol. The number of nitrogens with one attached hydrogen (secondary N) is 5. The van der Waals surface area contributed by atoms with E-state index in [9.17, 15) is 58.2 Å². The molecule has 4 bridgehead atoms. The van der Waals surface area contributed by atoms with Gasteiger partial charge in [0, 0.05) is 124 Å². The number of aliphatic hydroxyl groups is 1. The standard InChI is InChI=1S/C93H129N9O27/c1-56(2)80(99-74(106)30-35-117-39-41-119-43-45-121-47-49-123-51-52-124-50-48-122-46-44-120-42-40-118-37-32-95-73(105)28-33-101-75(107)26-27-76(101)108)70(104)53-66(19-16-31-96-92(94)115)91(114)97-67-22-20-65(21-23-67)55-102(12,13)34-38-125-68-24-25-69-72(54-68)128-88-81(98-69)77-78-84(110)63(9)87-79(77)89(112)93(11,129-87)126-36-29-71(116-14)62(8)86(127-64(10)103)61(7)59(5)60(6)83(109)57(3)17-15-18-58(4)90(113)100-82(88)85(78)111/h15,17-18,20-27,29,36,54,56-57,59-62,66,71,80,83,86,109H,16,19,28,30-35,37-53,55H2,1-14H3,(H7-,94,95,96,97,98,99,100,105,106,110,111,112,113,114,115)/p+1/b17-15+,36-29+,58-18-/t57-,59+,60-,61+,62+,66+,71-,80-,83-,86-,93-/m0/s1. The normalized spacial score (nSPS) is 21.2. The van der Waals surface area contributed by atoms with Crippen molar-refractivity contribution in [3.63, 3.8) is 0 Å². The van der Waals surface area contributed by atoms with Gasteiger partial charge < -0.3 is 113 Å². The minimum atomic E-state index is -2.09. The molecule has 36 nitrogen and oxygen atoms in total. The van der Waals surface area contributed by atoms with Crippen LogP contribution < -0.4 is 47.2 Å². The smallest absolute Gasteiger partial charge is 0.312 e. The second kappa shape index (κ2) is 51.1. The van der Waals surface area contributed by atoms with E-state index in [-0.39, 0.29) is 168 Å². The van der Waals surface area contributed by atoms with Crippen LogP contribution in [-0.4, -0.2) is 273 Å². The van der Waals surface area contributed by atoms with Gasteiger partial charge in [-0.1, -0.05) is 78.8 Å². The van der Waals surface area contributed by atoms with Crippen LogP contribution in [0.25, 0.3) is 33.0 Å². The summed E-state index contributed by atoms with van der Waals surface area (Å²) < 4.78 is 82.2. The van der Waals surface area contributed by atoms with Crippen LogP contribution in [0.15, 0.2) is 100.0 Å². The first-order valence-electron chi connectivity index (χ1n) is 43.9. The summed E-state index contributed by atoms with van der Waals surface area (Å²) in [5.74, 6) is -9.65. The molecular formula is C93H130N9O27+. The van der Waals surface area contributed by atoms with E-state index in [2.05, 4.69) is 26.6 Å². The zero-order valence-electron chi connectivity index (χ0n) is 76.5. The number of fused-ring (bicyclic) bond motifs is 2. The number of aromatic hydroxyl groups is 1. The van der Waals surface area contributed by atoms with E-state index >= 15 is 4.79 Å². The fourth-order valence-electron chi connectivity index (χ4n) is 15.2. The van der Waals surface area contributed by atoms with Gasteiger partial charge in [0.05, 0.1) is 155 Å². The van der Waals surface area contributed by atoms with Crippen LogP contribution in [0.5, 0.6) is 17.2 Å². The van der Waals surface area contributed by atoms with Gasteiger partial charge in [-0.2, -0.15) is 0 Å². The van der Waals surface area contributed by atoms with Gasteiger partial charge in [0.1, 0.15) is 54.0 Å². The lowest BCUT2D eigenvalue weighted by atomic mass is 9.73.